The van der Waals surface area contributed by atoms with Gasteiger partial charge in [0, 0.05) is 17.1 Å². The molecule has 0 aromatic heterocycles. The molecule has 0 spiro atoms. The molecule has 37 heavy (non-hydrogen) atoms. The van der Waals surface area contributed by atoms with Crippen molar-refractivity contribution in [3.63, 3.8) is 0 Å². The topological polar surface area (TPSA) is 171 Å². The van der Waals surface area contributed by atoms with Crippen LogP contribution in [0.15, 0.2) is 34.8 Å². The van der Waals surface area contributed by atoms with Crippen molar-refractivity contribution in [2.45, 2.75) is 56.3 Å². The van der Waals surface area contributed by atoms with E-state index in [9.17, 15) is 34.8 Å². The molecule has 1 heterocycles. The molecule has 5 rings (SSSR count). The largest absolute Gasteiger partial charge is 0.510 e. The lowest BCUT2D eigenvalue weighted by Gasteiger charge is -2.53. The summed E-state index contributed by atoms with van der Waals surface area (Å²) in [6, 6.07) is 2.49. The molecule has 0 unspecified atom stereocenters. The Bertz CT molecular complexity index is 1330. The molecule has 0 saturated heterocycles. The van der Waals surface area contributed by atoms with Crippen LogP contribution < -0.4 is 10.5 Å². The molecule has 1 aliphatic heterocycles. The monoisotopic (exact) mass is 512 g/mol. The lowest BCUT2D eigenvalue weighted by Crippen LogP contribution is -2.68. The Kier molecular flexibility index (Phi) is 5.43. The number of Topliss-reactive ketones (excluding diaryl/α,β-unsaturated/α-hetero) is 2. The Labute approximate surface area is 214 Å². The van der Waals surface area contributed by atoms with Crippen molar-refractivity contribution in [3.8, 4) is 5.75 Å². The van der Waals surface area contributed by atoms with Gasteiger partial charge in [-0.2, -0.15) is 0 Å². The number of aliphatic hydroxyl groups excluding tert-OH is 3. The molecule has 0 bridgehead atoms. The fraction of sp³-hybridized carbons (Fsp3) is 0.519. The number of aliphatic hydroxyl groups is 4. The highest BCUT2D eigenvalue weighted by molar-refractivity contribution is 6.25. The minimum absolute atomic E-state index is 0.228. The molecule has 10 heteroatoms. The van der Waals surface area contributed by atoms with E-state index in [1.807, 2.05) is 26.0 Å². The van der Waals surface area contributed by atoms with Gasteiger partial charge in [-0.25, -0.2) is 0 Å². The maximum atomic E-state index is 14.1. The summed E-state index contributed by atoms with van der Waals surface area (Å²) in [5.74, 6) is -7.58. The molecule has 3 aliphatic carbocycles. The zero-order chi connectivity index (χ0) is 27.4. The van der Waals surface area contributed by atoms with Crippen molar-refractivity contribution in [1.82, 2.24) is 4.90 Å². The number of hydrogen-bond donors (Lipinski definition) is 5. The Balaban J connectivity index is 1.80. The molecule has 0 saturated carbocycles. The predicted octanol–water partition coefficient (Wildman–Crippen LogP) is 1.01. The van der Waals surface area contributed by atoms with E-state index in [0.29, 0.717) is 17.9 Å². The highest BCUT2D eigenvalue weighted by atomic mass is 16.5. The van der Waals surface area contributed by atoms with E-state index < -0.39 is 70.1 Å². The van der Waals surface area contributed by atoms with Gasteiger partial charge in [-0.15, -0.1) is 0 Å². The summed E-state index contributed by atoms with van der Waals surface area (Å²) in [5, 5.41) is 45.8. The van der Waals surface area contributed by atoms with E-state index in [0.717, 1.165) is 12.0 Å². The first-order valence-corrected chi connectivity index (χ1v) is 12.3. The molecular weight excluding hydrogens is 480 g/mol. The number of primary amides is 1. The summed E-state index contributed by atoms with van der Waals surface area (Å²) in [5.41, 5.74) is 2.72. The summed E-state index contributed by atoms with van der Waals surface area (Å²) in [6.07, 6.45) is -0.810. The first-order chi connectivity index (χ1) is 17.2. The quantitative estimate of drug-likeness (QED) is 0.363. The first kappa shape index (κ1) is 25.4. The number of rotatable bonds is 2. The van der Waals surface area contributed by atoms with Gasteiger partial charge in [0.2, 0.25) is 5.78 Å². The van der Waals surface area contributed by atoms with E-state index >= 15 is 0 Å². The first-order valence-electron chi connectivity index (χ1n) is 12.3. The number of benzene rings is 1. The van der Waals surface area contributed by atoms with Gasteiger partial charge in [0.25, 0.3) is 5.91 Å². The third-order valence-corrected chi connectivity index (χ3v) is 8.81. The van der Waals surface area contributed by atoms with Crippen LogP contribution >= 0.6 is 0 Å². The molecule has 6 N–H and O–H groups in total. The van der Waals surface area contributed by atoms with E-state index in [2.05, 4.69) is 0 Å². The van der Waals surface area contributed by atoms with E-state index in [1.54, 1.807) is 6.92 Å². The van der Waals surface area contributed by atoms with Crippen molar-refractivity contribution in [1.29, 1.82) is 0 Å². The van der Waals surface area contributed by atoms with Crippen LogP contribution in [0.5, 0.6) is 5.75 Å². The fourth-order valence-corrected chi connectivity index (χ4v) is 6.84. The summed E-state index contributed by atoms with van der Waals surface area (Å²) >= 11 is 0. The van der Waals surface area contributed by atoms with Crippen LogP contribution in [-0.2, 0) is 15.0 Å². The fourth-order valence-electron chi connectivity index (χ4n) is 6.84. The summed E-state index contributed by atoms with van der Waals surface area (Å²) in [4.78, 5) is 41.1. The molecule has 0 fully saturated rings. The second-order valence-electron chi connectivity index (χ2n) is 11.4. The molecular formula is C27H32N2O8. The van der Waals surface area contributed by atoms with Crippen LogP contribution in [0.4, 0.5) is 0 Å². The molecule has 1 amide bonds. The number of ketones is 2. The lowest BCUT2D eigenvalue weighted by molar-refractivity contribution is -0.162. The van der Waals surface area contributed by atoms with Crippen LogP contribution in [0.2, 0.25) is 0 Å². The van der Waals surface area contributed by atoms with E-state index in [1.165, 1.54) is 19.0 Å². The minimum Gasteiger partial charge on any atom is -0.510 e. The third kappa shape index (κ3) is 3.06. The van der Waals surface area contributed by atoms with Gasteiger partial charge in [-0.1, -0.05) is 32.9 Å². The molecule has 1 aromatic carbocycles. The number of nitrogens with two attached hydrogens (primary N) is 1. The molecule has 4 aliphatic rings. The van der Waals surface area contributed by atoms with Gasteiger partial charge in [0.1, 0.15) is 22.8 Å². The molecule has 6 atom stereocenters. The van der Waals surface area contributed by atoms with Gasteiger partial charge in [0.15, 0.2) is 11.4 Å². The number of carbonyl (C=O) groups is 3. The maximum Gasteiger partial charge on any atom is 0.255 e. The standard InChI is InChI=1S/C27H32N2O8/c1-10-11-6-7-12-22(37-9-8-26(12,2)3)14(11)19(30)15-13(10)20(31)17-18(29(4)5)21(32)16(25(28)35)24(34)27(17,36)23(15)33/h6-7,10,13,17-18,20,31-33,36H,8-9H2,1-5H3,(H2,28,35)/t10-,13+,17+,18+,20-,27+/m1/s1. The minimum atomic E-state index is -2.86. The van der Waals surface area contributed by atoms with Crippen LogP contribution in [0.3, 0.4) is 0 Å². The number of hydrogen-bond acceptors (Lipinski definition) is 9. The lowest BCUT2D eigenvalue weighted by atomic mass is 9.55. The van der Waals surface area contributed by atoms with Gasteiger partial charge in [0.05, 0.1) is 30.2 Å². The summed E-state index contributed by atoms with van der Waals surface area (Å²) < 4.78 is 5.96. The van der Waals surface area contributed by atoms with Crippen molar-refractivity contribution in [2.24, 2.45) is 17.6 Å². The molecule has 1 aromatic rings. The van der Waals surface area contributed by atoms with Crippen molar-refractivity contribution in [2.75, 3.05) is 20.7 Å². The van der Waals surface area contributed by atoms with Crippen LogP contribution in [-0.4, -0.2) is 81.2 Å². The van der Waals surface area contributed by atoms with Crippen molar-refractivity contribution in [3.05, 3.63) is 51.5 Å². The normalized spacial score (nSPS) is 34.4. The highest BCUT2D eigenvalue weighted by Gasteiger charge is 2.67. The zero-order valence-corrected chi connectivity index (χ0v) is 21.4. The zero-order valence-electron chi connectivity index (χ0n) is 21.4. The van der Waals surface area contributed by atoms with Gasteiger partial charge >= 0.3 is 0 Å². The van der Waals surface area contributed by atoms with Gasteiger partial charge in [-0.05, 0) is 37.4 Å². The maximum absolute atomic E-state index is 14.1. The van der Waals surface area contributed by atoms with E-state index in [4.69, 9.17) is 10.5 Å². The summed E-state index contributed by atoms with van der Waals surface area (Å²) in [7, 11) is 3.05. The predicted molar refractivity (Wildman–Crippen MR) is 131 cm³/mol. The smallest absolute Gasteiger partial charge is 0.255 e. The number of carbonyl (C=O) groups excluding carboxylic acids is 3. The second-order valence-corrected chi connectivity index (χ2v) is 11.4. The molecule has 10 nitrogen and oxygen atoms in total. The summed E-state index contributed by atoms with van der Waals surface area (Å²) in [6.45, 7) is 6.26. The molecule has 0 radical (unpaired) electrons. The van der Waals surface area contributed by atoms with Crippen molar-refractivity contribution >= 4 is 17.5 Å². The van der Waals surface area contributed by atoms with Gasteiger partial charge < -0.3 is 30.9 Å². The Hall–Kier alpha value is -3.21. The number of ether oxygens (including phenoxy) is 1. The highest BCUT2D eigenvalue weighted by Crippen LogP contribution is 2.56. The van der Waals surface area contributed by atoms with E-state index in [-0.39, 0.29) is 16.6 Å². The second kappa shape index (κ2) is 7.89. The average molecular weight is 513 g/mol. The van der Waals surface area contributed by atoms with Crippen LogP contribution in [0.1, 0.15) is 54.6 Å². The number of fused-ring (bicyclic) bond motifs is 5. The van der Waals surface area contributed by atoms with Gasteiger partial charge in [-0.3, -0.25) is 19.3 Å². The number of amides is 1. The number of likely N-dealkylation sites (N-methyl/N-ethyl adjacent to an activating group) is 1. The number of nitrogens with zero attached hydrogens (tertiary/aromatic N) is 1. The SMILES string of the molecule is C[C@@H]1c2ccc3c(c2C(=O)C2=C(O)[C@]4(O)C(=O)C(C(N)=O)=C(O)[C@@H](N(C)C)[C@H]4[C@H](O)[C@H]21)OCCC3(C)C. The Morgan fingerprint density at radius 3 is 2.43 bits per heavy atom. The third-order valence-electron chi connectivity index (χ3n) is 8.81. The Morgan fingerprint density at radius 1 is 1.19 bits per heavy atom. The van der Waals surface area contributed by atoms with Crippen molar-refractivity contribution < 1.29 is 39.5 Å². The Morgan fingerprint density at radius 2 is 1.84 bits per heavy atom. The average Bonchev–Trinajstić information content (AvgIpc) is 2.80. The van der Waals surface area contributed by atoms with Crippen LogP contribution in [0, 0.1) is 11.8 Å². The van der Waals surface area contributed by atoms with Crippen LogP contribution in [0.25, 0.3) is 0 Å². The molecule has 198 valence electrons.